The minimum Gasteiger partial charge on any atom is -0.497 e. The van der Waals surface area contributed by atoms with Crippen molar-refractivity contribution in [2.45, 2.75) is 32.4 Å². The van der Waals surface area contributed by atoms with Gasteiger partial charge in [0.2, 0.25) is 0 Å². The minimum absolute atomic E-state index is 0.434. The summed E-state index contributed by atoms with van der Waals surface area (Å²) in [6.07, 6.45) is 1.96. The van der Waals surface area contributed by atoms with Gasteiger partial charge in [-0.3, -0.25) is 4.98 Å². The van der Waals surface area contributed by atoms with Crippen LogP contribution in [0.2, 0.25) is 0 Å². The number of rotatable bonds is 9. The van der Waals surface area contributed by atoms with Crippen molar-refractivity contribution in [1.29, 1.82) is 0 Å². The number of benzene rings is 1. The summed E-state index contributed by atoms with van der Waals surface area (Å²) in [4.78, 5) is 4.65. The van der Waals surface area contributed by atoms with Gasteiger partial charge in [0, 0.05) is 31.2 Å². The van der Waals surface area contributed by atoms with Crippen molar-refractivity contribution in [2.24, 2.45) is 0 Å². The van der Waals surface area contributed by atoms with Crippen LogP contribution in [0.25, 0.3) is 0 Å². The minimum atomic E-state index is 0.434. The molecule has 4 nitrogen and oxygen atoms in total. The van der Waals surface area contributed by atoms with Crippen molar-refractivity contribution >= 4 is 0 Å². The molecule has 4 heteroatoms. The molecule has 1 atom stereocenters. The molecule has 2 rings (SSSR count). The van der Waals surface area contributed by atoms with Gasteiger partial charge in [0.1, 0.15) is 5.75 Å². The van der Waals surface area contributed by atoms with Crippen LogP contribution in [-0.4, -0.2) is 31.7 Å². The molecule has 0 radical (unpaired) electrons. The summed E-state index contributed by atoms with van der Waals surface area (Å²) in [6.45, 7) is 3.97. The Morgan fingerprint density at radius 1 is 1.09 bits per heavy atom. The molecule has 2 N–H and O–H groups in total. The molecule has 0 aliphatic carbocycles. The molecule has 1 aromatic heterocycles. The summed E-state index contributed by atoms with van der Waals surface area (Å²) in [6, 6.07) is 14.9. The summed E-state index contributed by atoms with van der Waals surface area (Å²) >= 11 is 0. The number of nitrogens with one attached hydrogen (secondary N) is 2. The zero-order chi connectivity index (χ0) is 16.5. The van der Waals surface area contributed by atoms with Gasteiger partial charge in [-0.15, -0.1) is 0 Å². The van der Waals surface area contributed by atoms with Crippen LogP contribution >= 0.6 is 0 Å². The Hall–Kier alpha value is -1.91. The third-order valence-corrected chi connectivity index (χ3v) is 3.80. The normalized spacial score (nSPS) is 12.1. The smallest absolute Gasteiger partial charge is 0.118 e. The molecule has 0 amide bonds. The van der Waals surface area contributed by atoms with E-state index in [0.29, 0.717) is 6.04 Å². The molecule has 0 bridgehead atoms. The number of pyridine rings is 1. The van der Waals surface area contributed by atoms with Crippen molar-refractivity contribution in [1.82, 2.24) is 15.6 Å². The lowest BCUT2D eigenvalue weighted by atomic mass is 10.1. The molecule has 0 fully saturated rings. The van der Waals surface area contributed by atoms with E-state index in [9.17, 15) is 0 Å². The lowest BCUT2D eigenvalue weighted by Crippen LogP contribution is -2.30. The van der Waals surface area contributed by atoms with Crippen LogP contribution in [0.4, 0.5) is 0 Å². The van der Waals surface area contributed by atoms with Gasteiger partial charge in [0.05, 0.1) is 12.8 Å². The van der Waals surface area contributed by atoms with E-state index < -0.39 is 0 Å². The highest BCUT2D eigenvalue weighted by Crippen LogP contribution is 2.12. The van der Waals surface area contributed by atoms with Crippen molar-refractivity contribution in [2.75, 3.05) is 20.7 Å². The Morgan fingerprint density at radius 3 is 2.52 bits per heavy atom. The second-order valence-electron chi connectivity index (χ2n) is 5.81. The van der Waals surface area contributed by atoms with Gasteiger partial charge in [-0.2, -0.15) is 0 Å². The van der Waals surface area contributed by atoms with E-state index in [-0.39, 0.29) is 0 Å². The van der Waals surface area contributed by atoms with E-state index in [1.54, 1.807) is 7.11 Å². The van der Waals surface area contributed by atoms with Crippen LogP contribution in [0.1, 0.15) is 23.9 Å². The molecule has 1 heterocycles. The van der Waals surface area contributed by atoms with Crippen LogP contribution in [-0.2, 0) is 19.4 Å². The Morgan fingerprint density at radius 2 is 1.83 bits per heavy atom. The fraction of sp³-hybridized carbons (Fsp3) is 0.421. The van der Waals surface area contributed by atoms with E-state index in [4.69, 9.17) is 4.74 Å². The molecule has 0 spiro atoms. The maximum atomic E-state index is 5.19. The fourth-order valence-electron chi connectivity index (χ4n) is 2.58. The zero-order valence-electron chi connectivity index (χ0n) is 14.3. The van der Waals surface area contributed by atoms with E-state index in [0.717, 1.165) is 43.1 Å². The maximum absolute atomic E-state index is 5.19. The first-order valence-corrected chi connectivity index (χ1v) is 8.17. The van der Waals surface area contributed by atoms with Gasteiger partial charge in [-0.25, -0.2) is 0 Å². The first kappa shape index (κ1) is 17.4. The molecule has 0 saturated heterocycles. The first-order chi connectivity index (χ1) is 11.2. The number of ether oxygens (including phenoxy) is 1. The summed E-state index contributed by atoms with van der Waals surface area (Å²) in [5.74, 6) is 0.905. The Kier molecular flexibility index (Phi) is 7.04. The number of nitrogens with zero attached hydrogens (tertiary/aromatic N) is 1. The quantitative estimate of drug-likeness (QED) is 0.747. The molecule has 0 saturated carbocycles. The molecule has 0 unspecified atom stereocenters. The predicted octanol–water partition coefficient (Wildman–Crippen LogP) is 2.57. The average molecular weight is 313 g/mol. The largest absolute Gasteiger partial charge is 0.497 e. The molecule has 1 aromatic carbocycles. The van der Waals surface area contributed by atoms with E-state index >= 15 is 0 Å². The summed E-state index contributed by atoms with van der Waals surface area (Å²) in [5.41, 5.74) is 3.55. The van der Waals surface area contributed by atoms with E-state index in [2.05, 4.69) is 52.9 Å². The third kappa shape index (κ3) is 6.00. The SMILES string of the molecule is CNCc1cccc(CCN[C@H](C)Cc2ccc(OC)cc2)n1. The highest BCUT2D eigenvalue weighted by molar-refractivity contribution is 5.27. The molecule has 124 valence electrons. The topological polar surface area (TPSA) is 46.2 Å². The van der Waals surface area contributed by atoms with Crippen LogP contribution in [0, 0.1) is 0 Å². The Labute approximate surface area is 139 Å². The second kappa shape index (κ2) is 9.28. The standard InChI is InChI=1S/C19H27N3O/c1-15(13-16-7-9-19(23-3)10-8-16)21-12-11-17-5-4-6-18(22-17)14-20-2/h4-10,15,20-21H,11-14H2,1-3H3/t15-/m1/s1. The Balaban J connectivity index is 1.75. The molecular formula is C19H27N3O. The summed E-state index contributed by atoms with van der Waals surface area (Å²) in [7, 11) is 3.63. The average Bonchev–Trinajstić information content (AvgIpc) is 2.56. The number of hydrogen-bond acceptors (Lipinski definition) is 4. The highest BCUT2D eigenvalue weighted by atomic mass is 16.5. The predicted molar refractivity (Wildman–Crippen MR) is 94.9 cm³/mol. The van der Waals surface area contributed by atoms with Crippen LogP contribution in [0.3, 0.4) is 0 Å². The number of hydrogen-bond donors (Lipinski definition) is 2. The maximum Gasteiger partial charge on any atom is 0.118 e. The Bertz CT molecular complexity index is 583. The summed E-state index contributed by atoms with van der Waals surface area (Å²) < 4.78 is 5.19. The van der Waals surface area contributed by atoms with Crippen molar-refractivity contribution in [3.05, 3.63) is 59.4 Å². The molecule has 2 aromatic rings. The third-order valence-electron chi connectivity index (χ3n) is 3.80. The van der Waals surface area contributed by atoms with E-state index in [1.807, 2.05) is 19.2 Å². The lowest BCUT2D eigenvalue weighted by molar-refractivity contribution is 0.414. The molecular weight excluding hydrogens is 286 g/mol. The van der Waals surface area contributed by atoms with Crippen LogP contribution in [0.15, 0.2) is 42.5 Å². The molecule has 23 heavy (non-hydrogen) atoms. The highest BCUT2D eigenvalue weighted by Gasteiger charge is 2.04. The van der Waals surface area contributed by atoms with Gasteiger partial charge >= 0.3 is 0 Å². The van der Waals surface area contributed by atoms with E-state index in [1.165, 1.54) is 5.56 Å². The van der Waals surface area contributed by atoms with Crippen LogP contribution < -0.4 is 15.4 Å². The lowest BCUT2D eigenvalue weighted by Gasteiger charge is -2.14. The van der Waals surface area contributed by atoms with Gasteiger partial charge in [-0.05, 0) is 50.2 Å². The van der Waals surface area contributed by atoms with Gasteiger partial charge in [0.25, 0.3) is 0 Å². The fourth-order valence-corrected chi connectivity index (χ4v) is 2.58. The van der Waals surface area contributed by atoms with Gasteiger partial charge < -0.3 is 15.4 Å². The number of aromatic nitrogens is 1. The molecule has 0 aliphatic heterocycles. The van der Waals surface area contributed by atoms with Crippen molar-refractivity contribution < 1.29 is 4.74 Å². The van der Waals surface area contributed by atoms with Crippen molar-refractivity contribution in [3.8, 4) is 5.75 Å². The number of methoxy groups -OCH3 is 1. The monoisotopic (exact) mass is 313 g/mol. The summed E-state index contributed by atoms with van der Waals surface area (Å²) in [5, 5.41) is 6.71. The molecule has 0 aliphatic rings. The van der Waals surface area contributed by atoms with Gasteiger partial charge in [0.15, 0.2) is 0 Å². The van der Waals surface area contributed by atoms with Crippen molar-refractivity contribution in [3.63, 3.8) is 0 Å². The second-order valence-corrected chi connectivity index (χ2v) is 5.81. The van der Waals surface area contributed by atoms with Crippen LogP contribution in [0.5, 0.6) is 5.75 Å². The first-order valence-electron chi connectivity index (χ1n) is 8.17. The zero-order valence-corrected chi connectivity index (χ0v) is 14.3. The van der Waals surface area contributed by atoms with Gasteiger partial charge in [-0.1, -0.05) is 18.2 Å².